The van der Waals surface area contributed by atoms with Crippen molar-refractivity contribution in [1.82, 2.24) is 24.6 Å². The van der Waals surface area contributed by atoms with Crippen LogP contribution in [0.25, 0.3) is 33.4 Å². The number of carbonyl (C=O) groups is 1. The smallest absolute Gasteiger partial charge is 0.262 e. The van der Waals surface area contributed by atoms with Crippen LogP contribution >= 0.6 is 0 Å². The van der Waals surface area contributed by atoms with Gasteiger partial charge >= 0.3 is 0 Å². The van der Waals surface area contributed by atoms with E-state index < -0.39 is 0 Å². The van der Waals surface area contributed by atoms with Crippen molar-refractivity contribution in [3.63, 3.8) is 0 Å². The van der Waals surface area contributed by atoms with Gasteiger partial charge in [-0.3, -0.25) is 14.4 Å². The lowest BCUT2D eigenvalue weighted by molar-refractivity contribution is 0.0989. The Morgan fingerprint density at radius 2 is 1.95 bits per heavy atom. The molecule has 1 amide bonds. The number of anilines is 1. The first-order valence-corrected chi connectivity index (χ1v) is 15.2. The third-order valence-electron chi connectivity index (χ3n) is 9.20. The van der Waals surface area contributed by atoms with Crippen molar-refractivity contribution in [3.05, 3.63) is 83.8 Å². The average molecular weight is 575 g/mol. The molecule has 2 N–H and O–H groups in total. The number of likely N-dealkylation sites (N-methyl/N-ethyl adjacent to an activating group) is 1. The van der Waals surface area contributed by atoms with Crippen LogP contribution in [0.1, 0.15) is 53.2 Å². The minimum Gasteiger partial charge on any atom is -0.491 e. The average Bonchev–Trinajstić information content (AvgIpc) is 3.63. The zero-order valence-corrected chi connectivity index (χ0v) is 24.2. The van der Waals surface area contributed by atoms with Crippen LogP contribution in [0.3, 0.4) is 0 Å². The third kappa shape index (κ3) is 4.51. The summed E-state index contributed by atoms with van der Waals surface area (Å²) >= 11 is 0. The summed E-state index contributed by atoms with van der Waals surface area (Å²) in [5, 5.41) is 16.3. The molecule has 8 rings (SSSR count). The second-order valence-electron chi connectivity index (χ2n) is 11.8. The summed E-state index contributed by atoms with van der Waals surface area (Å²) in [4.78, 5) is 26.1. The highest BCUT2D eigenvalue weighted by Crippen LogP contribution is 2.43. The zero-order chi connectivity index (χ0) is 29.1. The van der Waals surface area contributed by atoms with Gasteiger partial charge in [0.1, 0.15) is 18.0 Å². The van der Waals surface area contributed by atoms with Crippen LogP contribution in [-0.2, 0) is 6.61 Å². The highest BCUT2D eigenvalue weighted by Gasteiger charge is 2.31. The van der Waals surface area contributed by atoms with E-state index in [0.717, 1.165) is 53.1 Å². The number of H-pyrrole nitrogens is 1. The van der Waals surface area contributed by atoms with Gasteiger partial charge < -0.3 is 19.7 Å². The fraction of sp³-hybridized carbons (Fsp3) is 0.324. The minimum absolute atomic E-state index is 0.115. The molecule has 5 aromatic rings. The lowest BCUT2D eigenvalue weighted by atomic mass is 9.96. The van der Waals surface area contributed by atoms with Crippen LogP contribution in [0.15, 0.2) is 67.1 Å². The maximum atomic E-state index is 13.9. The standard InChI is InChI=1S/C34H34N6O3/c1-2-38-18-24(19-38)40-17-23(16-36-40)30-15-28-26(10-11-35-33(28)37-30)25-4-3-5-31(29(25)20-41)39-12-13-43-32-14-22(21-6-7-21)8-9-27(32)34(39)42/h3-5,8-11,14-17,21,24,41H,2,6-7,12-13,18-20H2,1H3,(H,35,37). The number of amides is 1. The van der Waals surface area contributed by atoms with Gasteiger partial charge in [-0.2, -0.15) is 5.10 Å². The van der Waals surface area contributed by atoms with E-state index in [-0.39, 0.29) is 12.5 Å². The highest BCUT2D eigenvalue weighted by molar-refractivity contribution is 6.09. The SMILES string of the molecule is CCN1CC(n2cc(-c3cc4c(-c5cccc(N6CCOc7cc(C8CC8)ccc7C6=O)c5CO)ccnc4[nH]3)cn2)C1. The van der Waals surface area contributed by atoms with E-state index in [0.29, 0.717) is 47.7 Å². The van der Waals surface area contributed by atoms with Crippen LogP contribution in [0.2, 0.25) is 0 Å². The number of hydrogen-bond acceptors (Lipinski definition) is 6. The van der Waals surface area contributed by atoms with Crippen molar-refractivity contribution in [2.45, 2.75) is 38.3 Å². The molecule has 218 valence electrons. The second kappa shape index (κ2) is 10.4. The van der Waals surface area contributed by atoms with Gasteiger partial charge in [0.15, 0.2) is 0 Å². The Morgan fingerprint density at radius 3 is 2.77 bits per heavy atom. The predicted octanol–water partition coefficient (Wildman–Crippen LogP) is 5.38. The summed E-state index contributed by atoms with van der Waals surface area (Å²) in [6, 6.07) is 16.3. The van der Waals surface area contributed by atoms with Gasteiger partial charge in [-0.15, -0.1) is 0 Å². The fourth-order valence-corrected chi connectivity index (χ4v) is 6.54. The largest absolute Gasteiger partial charge is 0.491 e. The van der Waals surface area contributed by atoms with Crippen LogP contribution in [0.4, 0.5) is 5.69 Å². The molecule has 2 aromatic carbocycles. The van der Waals surface area contributed by atoms with Gasteiger partial charge in [-0.25, -0.2) is 4.98 Å². The maximum Gasteiger partial charge on any atom is 0.262 e. The molecule has 2 aliphatic heterocycles. The van der Waals surface area contributed by atoms with Crippen molar-refractivity contribution in [2.24, 2.45) is 0 Å². The number of benzene rings is 2. The highest BCUT2D eigenvalue weighted by atomic mass is 16.5. The van der Waals surface area contributed by atoms with Gasteiger partial charge in [0.25, 0.3) is 5.91 Å². The van der Waals surface area contributed by atoms with Gasteiger partial charge in [-0.05, 0) is 72.3 Å². The quantitative estimate of drug-likeness (QED) is 0.271. The number of aromatic amines is 1. The maximum absolute atomic E-state index is 13.9. The van der Waals surface area contributed by atoms with E-state index in [9.17, 15) is 9.90 Å². The molecule has 0 spiro atoms. The molecule has 1 saturated heterocycles. The number of rotatable bonds is 7. The molecule has 43 heavy (non-hydrogen) atoms. The molecular weight excluding hydrogens is 540 g/mol. The number of ether oxygens (including phenoxy) is 1. The van der Waals surface area contributed by atoms with E-state index in [1.807, 2.05) is 42.6 Å². The third-order valence-corrected chi connectivity index (χ3v) is 9.20. The molecule has 5 heterocycles. The number of nitrogens with zero attached hydrogens (tertiary/aromatic N) is 5. The summed E-state index contributed by atoms with van der Waals surface area (Å²) in [5.41, 5.74) is 7.70. The number of hydrogen-bond donors (Lipinski definition) is 2. The number of carbonyl (C=O) groups excluding carboxylic acids is 1. The first-order valence-electron chi connectivity index (χ1n) is 15.2. The molecule has 3 aliphatic rings. The van der Waals surface area contributed by atoms with Gasteiger partial charge in [0, 0.05) is 42.0 Å². The molecule has 0 unspecified atom stereocenters. The molecule has 3 aromatic heterocycles. The Labute approximate surface area is 249 Å². The Hall–Kier alpha value is -4.47. The van der Waals surface area contributed by atoms with Gasteiger partial charge in [0.2, 0.25) is 0 Å². The number of aromatic nitrogens is 4. The summed E-state index contributed by atoms with van der Waals surface area (Å²) < 4.78 is 8.13. The Bertz CT molecular complexity index is 1850. The van der Waals surface area contributed by atoms with E-state index in [2.05, 4.69) is 49.9 Å². The molecule has 1 aliphatic carbocycles. The molecule has 0 radical (unpaired) electrons. The summed E-state index contributed by atoms with van der Waals surface area (Å²) in [6.45, 7) is 5.85. The van der Waals surface area contributed by atoms with Gasteiger partial charge in [0.05, 0.1) is 42.3 Å². The molecule has 9 heteroatoms. The van der Waals surface area contributed by atoms with E-state index in [1.54, 1.807) is 11.1 Å². The molecule has 0 atom stereocenters. The predicted molar refractivity (Wildman–Crippen MR) is 165 cm³/mol. The molecule has 0 bridgehead atoms. The number of fused-ring (bicyclic) bond motifs is 2. The van der Waals surface area contributed by atoms with Crippen molar-refractivity contribution >= 4 is 22.6 Å². The summed E-state index contributed by atoms with van der Waals surface area (Å²) in [7, 11) is 0. The van der Waals surface area contributed by atoms with Crippen molar-refractivity contribution in [2.75, 3.05) is 37.7 Å². The zero-order valence-electron chi connectivity index (χ0n) is 24.2. The molecule has 2 fully saturated rings. The molecular formula is C34H34N6O3. The number of likely N-dealkylation sites (tertiary alicyclic amines) is 1. The number of aliphatic hydroxyl groups is 1. The lowest BCUT2D eigenvalue weighted by Crippen LogP contribution is -2.47. The van der Waals surface area contributed by atoms with Crippen LogP contribution in [0.5, 0.6) is 5.75 Å². The first-order chi connectivity index (χ1) is 21.1. The van der Waals surface area contributed by atoms with Crippen molar-refractivity contribution < 1.29 is 14.6 Å². The monoisotopic (exact) mass is 574 g/mol. The summed E-state index contributed by atoms with van der Waals surface area (Å²) in [5.74, 6) is 1.12. The number of aliphatic hydroxyl groups excluding tert-OH is 1. The molecule has 1 saturated carbocycles. The van der Waals surface area contributed by atoms with E-state index in [4.69, 9.17) is 4.74 Å². The van der Waals surface area contributed by atoms with Crippen LogP contribution in [-0.4, -0.2) is 68.4 Å². The van der Waals surface area contributed by atoms with E-state index in [1.165, 1.54) is 18.4 Å². The lowest BCUT2D eigenvalue weighted by Gasteiger charge is -2.38. The second-order valence-corrected chi connectivity index (χ2v) is 11.8. The van der Waals surface area contributed by atoms with Crippen LogP contribution in [0, 0.1) is 0 Å². The van der Waals surface area contributed by atoms with Crippen molar-refractivity contribution in [3.8, 4) is 28.1 Å². The Kier molecular flexibility index (Phi) is 6.31. The first kappa shape index (κ1) is 26.2. The van der Waals surface area contributed by atoms with Crippen molar-refractivity contribution in [1.29, 1.82) is 0 Å². The molecule has 9 nitrogen and oxygen atoms in total. The normalized spacial score (nSPS) is 17.5. The van der Waals surface area contributed by atoms with Gasteiger partial charge in [-0.1, -0.05) is 25.1 Å². The Balaban J connectivity index is 1.14. The van der Waals surface area contributed by atoms with E-state index >= 15 is 0 Å². The topological polar surface area (TPSA) is 99.5 Å². The van der Waals surface area contributed by atoms with Crippen LogP contribution < -0.4 is 9.64 Å². The minimum atomic E-state index is -0.215. The number of nitrogens with one attached hydrogen (secondary N) is 1. The number of pyridine rings is 1. The Morgan fingerprint density at radius 1 is 1.07 bits per heavy atom. The summed E-state index contributed by atoms with van der Waals surface area (Å²) in [6.07, 6.45) is 8.16. The fourth-order valence-electron chi connectivity index (χ4n) is 6.54.